The monoisotopic (exact) mass is 448 g/mol. The van der Waals surface area contributed by atoms with E-state index < -0.39 is 0 Å². The Labute approximate surface area is 189 Å². The first-order chi connectivity index (χ1) is 15.9. The molecule has 33 heavy (non-hydrogen) atoms. The number of hydrogen-bond donors (Lipinski definition) is 3. The summed E-state index contributed by atoms with van der Waals surface area (Å²) in [6.45, 7) is 5.26. The number of aryl methyl sites for hydroxylation is 2. The molecule has 0 radical (unpaired) electrons. The van der Waals surface area contributed by atoms with Crippen LogP contribution in [0.4, 0.5) is 15.9 Å². The van der Waals surface area contributed by atoms with Crippen LogP contribution in [-0.4, -0.2) is 51.1 Å². The minimum Gasteiger partial charge on any atom is -0.421 e. The molecule has 0 spiro atoms. The summed E-state index contributed by atoms with van der Waals surface area (Å²) >= 11 is 0. The third kappa shape index (κ3) is 3.08. The van der Waals surface area contributed by atoms with Crippen molar-refractivity contribution in [3.05, 3.63) is 35.7 Å². The zero-order valence-electron chi connectivity index (χ0n) is 18.7. The number of ether oxygens (including phenoxy) is 1. The highest BCUT2D eigenvalue weighted by Crippen LogP contribution is 2.45. The number of rotatable bonds is 4. The van der Waals surface area contributed by atoms with Crippen LogP contribution in [0.15, 0.2) is 18.5 Å². The second kappa shape index (κ2) is 7.24. The fourth-order valence-corrected chi connectivity index (χ4v) is 5.20. The second-order valence-corrected chi connectivity index (χ2v) is 9.01. The largest absolute Gasteiger partial charge is 0.421 e. The smallest absolute Gasteiger partial charge is 0.326 e. The topological polar surface area (TPSA) is 118 Å². The molecule has 9 nitrogen and oxygen atoms in total. The van der Waals surface area contributed by atoms with Crippen LogP contribution in [0.3, 0.4) is 0 Å². The summed E-state index contributed by atoms with van der Waals surface area (Å²) in [7, 11) is 1.77. The molecule has 4 N–H and O–H groups in total. The number of aromatic nitrogens is 5. The number of hydrogen-bond acceptors (Lipinski definition) is 8. The first kappa shape index (κ1) is 20.1. The number of halogens is 1. The van der Waals surface area contributed by atoms with Gasteiger partial charge in [-0.15, -0.1) is 0 Å². The van der Waals surface area contributed by atoms with Gasteiger partial charge in [0.05, 0.1) is 29.0 Å². The van der Waals surface area contributed by atoms with Crippen molar-refractivity contribution in [2.75, 3.05) is 30.4 Å². The molecule has 4 heterocycles. The number of benzene rings is 1. The van der Waals surface area contributed by atoms with Gasteiger partial charge < -0.3 is 25.7 Å². The summed E-state index contributed by atoms with van der Waals surface area (Å²) in [6, 6.07) is 1.90. The van der Waals surface area contributed by atoms with Gasteiger partial charge in [0, 0.05) is 31.6 Å². The Morgan fingerprint density at radius 1 is 1.18 bits per heavy atom. The molecular formula is C23H25FN8O. The lowest BCUT2D eigenvalue weighted by Gasteiger charge is -2.36. The SMILES string of the molecule is CNc1cc(F)c(C)c2c1[nH]c1nc(Oc3cnc(C)nc3)nc(N3CC4CC(N)C4C3)c12. The molecule has 3 atom stereocenters. The van der Waals surface area contributed by atoms with Crippen LogP contribution < -0.4 is 20.7 Å². The average Bonchev–Trinajstić information content (AvgIpc) is 3.35. The minimum absolute atomic E-state index is 0.184. The van der Waals surface area contributed by atoms with Crippen molar-refractivity contribution in [1.82, 2.24) is 24.9 Å². The molecule has 2 aliphatic rings. The number of fused-ring (bicyclic) bond motifs is 4. The van der Waals surface area contributed by atoms with E-state index in [2.05, 4.69) is 30.2 Å². The lowest BCUT2D eigenvalue weighted by Crippen LogP contribution is -2.46. The first-order valence-electron chi connectivity index (χ1n) is 11.1. The fraction of sp³-hybridized carbons (Fsp3) is 0.391. The van der Waals surface area contributed by atoms with E-state index in [0.717, 1.165) is 41.6 Å². The lowest BCUT2D eigenvalue weighted by atomic mass is 9.72. The van der Waals surface area contributed by atoms with E-state index in [4.69, 9.17) is 15.5 Å². The summed E-state index contributed by atoms with van der Waals surface area (Å²) in [4.78, 5) is 23.4. The summed E-state index contributed by atoms with van der Waals surface area (Å²) in [5.74, 6) is 2.54. The van der Waals surface area contributed by atoms with Crippen molar-refractivity contribution in [2.45, 2.75) is 26.3 Å². The number of H-pyrrole nitrogens is 1. The maximum absolute atomic E-state index is 14.8. The molecule has 0 bridgehead atoms. The van der Waals surface area contributed by atoms with E-state index in [0.29, 0.717) is 40.3 Å². The Hall–Kier alpha value is -3.53. The van der Waals surface area contributed by atoms with Crippen molar-refractivity contribution in [3.8, 4) is 11.8 Å². The summed E-state index contributed by atoms with van der Waals surface area (Å²) in [5, 5.41) is 4.65. The van der Waals surface area contributed by atoms with E-state index in [1.54, 1.807) is 26.4 Å². The molecule has 4 aromatic rings. The normalized spacial score (nSPS) is 22.0. The van der Waals surface area contributed by atoms with Crippen molar-refractivity contribution < 1.29 is 9.13 Å². The summed E-state index contributed by atoms with van der Waals surface area (Å²) in [6.07, 6.45) is 4.20. The Balaban J connectivity index is 1.56. The number of nitrogens with two attached hydrogens (primary N) is 1. The van der Waals surface area contributed by atoms with Crippen LogP contribution >= 0.6 is 0 Å². The zero-order chi connectivity index (χ0) is 22.9. The highest BCUT2D eigenvalue weighted by Gasteiger charge is 2.46. The lowest BCUT2D eigenvalue weighted by molar-refractivity contribution is 0.194. The first-order valence-corrected chi connectivity index (χ1v) is 11.1. The molecule has 6 rings (SSSR count). The van der Waals surface area contributed by atoms with Gasteiger partial charge in [0.15, 0.2) is 5.75 Å². The molecular weight excluding hydrogens is 423 g/mol. The van der Waals surface area contributed by atoms with E-state index >= 15 is 0 Å². The van der Waals surface area contributed by atoms with Gasteiger partial charge in [0.2, 0.25) is 0 Å². The standard InChI is InChI=1S/C23H25FN8O/c1-10-15(24)5-17(26-3)20-18(10)19-21(29-20)30-23(33-13-6-27-11(2)28-7-13)31-22(19)32-8-12-4-16(25)14(12)9-32/h5-7,12,14,16,26H,4,8-9,25H2,1-3H3,(H,29,30,31). The van der Waals surface area contributed by atoms with Crippen LogP contribution in [0.1, 0.15) is 17.8 Å². The number of aromatic amines is 1. The van der Waals surface area contributed by atoms with Crippen molar-refractivity contribution in [1.29, 1.82) is 0 Å². The highest BCUT2D eigenvalue weighted by molar-refractivity contribution is 6.16. The molecule has 1 aliphatic heterocycles. The molecule has 1 saturated carbocycles. The Morgan fingerprint density at radius 3 is 2.67 bits per heavy atom. The molecule has 1 aromatic carbocycles. The third-order valence-electron chi connectivity index (χ3n) is 7.04. The zero-order valence-corrected chi connectivity index (χ0v) is 18.7. The average molecular weight is 449 g/mol. The maximum Gasteiger partial charge on any atom is 0.326 e. The number of nitrogens with one attached hydrogen (secondary N) is 2. The Bertz CT molecular complexity index is 1390. The van der Waals surface area contributed by atoms with E-state index in [9.17, 15) is 4.39 Å². The third-order valence-corrected chi connectivity index (χ3v) is 7.04. The fourth-order valence-electron chi connectivity index (χ4n) is 5.20. The van der Waals surface area contributed by atoms with Crippen molar-refractivity contribution in [3.63, 3.8) is 0 Å². The van der Waals surface area contributed by atoms with E-state index in [1.165, 1.54) is 6.07 Å². The quantitative estimate of drug-likeness (QED) is 0.435. The van der Waals surface area contributed by atoms with Crippen LogP contribution in [0.5, 0.6) is 11.8 Å². The molecule has 3 aromatic heterocycles. The summed E-state index contributed by atoms with van der Waals surface area (Å²) in [5.41, 5.74) is 8.85. The molecule has 1 aliphatic carbocycles. The predicted octanol–water partition coefficient (Wildman–Crippen LogP) is 3.27. The van der Waals surface area contributed by atoms with Crippen molar-refractivity contribution in [2.24, 2.45) is 17.6 Å². The second-order valence-electron chi connectivity index (χ2n) is 9.01. The van der Waals surface area contributed by atoms with Gasteiger partial charge in [-0.3, -0.25) is 0 Å². The van der Waals surface area contributed by atoms with E-state index in [1.807, 2.05) is 6.92 Å². The maximum atomic E-state index is 14.8. The predicted molar refractivity (Wildman–Crippen MR) is 124 cm³/mol. The molecule has 2 fully saturated rings. The van der Waals surface area contributed by atoms with Gasteiger partial charge >= 0.3 is 6.01 Å². The Kier molecular flexibility index (Phi) is 4.41. The van der Waals surface area contributed by atoms with Crippen LogP contribution in [-0.2, 0) is 0 Å². The van der Waals surface area contributed by atoms with Crippen LogP contribution in [0.25, 0.3) is 21.9 Å². The summed E-state index contributed by atoms with van der Waals surface area (Å²) < 4.78 is 20.8. The van der Waals surface area contributed by atoms with Gasteiger partial charge in [-0.2, -0.15) is 9.97 Å². The minimum atomic E-state index is -0.278. The number of nitrogens with zero attached hydrogens (tertiary/aromatic N) is 5. The molecule has 10 heteroatoms. The van der Waals surface area contributed by atoms with Gasteiger partial charge in [0.25, 0.3) is 0 Å². The van der Waals surface area contributed by atoms with E-state index in [-0.39, 0.29) is 17.9 Å². The van der Waals surface area contributed by atoms with Gasteiger partial charge in [-0.05, 0) is 43.7 Å². The van der Waals surface area contributed by atoms with Gasteiger partial charge in [-0.1, -0.05) is 0 Å². The highest BCUT2D eigenvalue weighted by atomic mass is 19.1. The van der Waals surface area contributed by atoms with Crippen LogP contribution in [0, 0.1) is 31.5 Å². The Morgan fingerprint density at radius 2 is 1.97 bits per heavy atom. The van der Waals surface area contributed by atoms with Gasteiger partial charge in [0.1, 0.15) is 23.1 Å². The molecule has 1 saturated heterocycles. The van der Waals surface area contributed by atoms with Gasteiger partial charge in [-0.25, -0.2) is 14.4 Å². The molecule has 170 valence electrons. The number of anilines is 2. The molecule has 0 amide bonds. The molecule has 3 unspecified atom stereocenters. The van der Waals surface area contributed by atoms with Crippen molar-refractivity contribution >= 4 is 33.4 Å². The van der Waals surface area contributed by atoms with Crippen LogP contribution in [0.2, 0.25) is 0 Å².